The van der Waals surface area contributed by atoms with Crippen molar-refractivity contribution < 1.29 is 4.39 Å². The monoisotopic (exact) mass is 228 g/mol. The van der Waals surface area contributed by atoms with E-state index in [1.54, 1.807) is 13.0 Å². The number of hydrogen-bond donors (Lipinski definition) is 0. The first-order valence-electron chi connectivity index (χ1n) is 5.83. The SMILES string of the molecule is Cc1ccc(-c2cc(C)c(C)c(C)c2)cc1F. The normalized spacial score (nSPS) is 10.6. The maximum absolute atomic E-state index is 13.5. The van der Waals surface area contributed by atoms with Crippen molar-refractivity contribution in [2.24, 2.45) is 0 Å². The van der Waals surface area contributed by atoms with Gasteiger partial charge in [-0.25, -0.2) is 4.39 Å². The number of benzene rings is 2. The molecule has 0 aliphatic heterocycles. The molecule has 0 aliphatic carbocycles. The predicted octanol–water partition coefficient (Wildman–Crippen LogP) is 4.73. The molecule has 0 aliphatic rings. The quantitative estimate of drug-likeness (QED) is 0.662. The Morgan fingerprint density at radius 2 is 1.29 bits per heavy atom. The fraction of sp³-hybridized carbons (Fsp3) is 0.250. The topological polar surface area (TPSA) is 0 Å². The van der Waals surface area contributed by atoms with Gasteiger partial charge >= 0.3 is 0 Å². The van der Waals surface area contributed by atoms with Crippen molar-refractivity contribution >= 4 is 0 Å². The second kappa shape index (κ2) is 4.33. The Bertz CT molecular complexity index is 545. The average Bonchev–Trinajstić information content (AvgIpc) is 2.29. The fourth-order valence-electron chi connectivity index (χ4n) is 1.97. The highest BCUT2D eigenvalue weighted by molar-refractivity contribution is 5.66. The Morgan fingerprint density at radius 3 is 1.82 bits per heavy atom. The smallest absolute Gasteiger partial charge is 0.126 e. The lowest BCUT2D eigenvalue weighted by Crippen LogP contribution is -1.90. The van der Waals surface area contributed by atoms with Crippen LogP contribution in [0.3, 0.4) is 0 Å². The third-order valence-corrected chi connectivity index (χ3v) is 3.43. The van der Waals surface area contributed by atoms with Crippen LogP contribution in [0, 0.1) is 33.5 Å². The van der Waals surface area contributed by atoms with Crippen LogP contribution in [0.2, 0.25) is 0 Å². The minimum absolute atomic E-state index is 0.140. The standard InChI is InChI=1S/C16H17F/c1-10-5-6-14(9-16(10)17)15-7-11(2)13(4)12(3)8-15/h5-9H,1-4H3. The van der Waals surface area contributed by atoms with Crippen molar-refractivity contribution in [1.29, 1.82) is 0 Å². The molecule has 2 aromatic carbocycles. The average molecular weight is 228 g/mol. The molecule has 0 nitrogen and oxygen atoms in total. The van der Waals surface area contributed by atoms with Gasteiger partial charge in [-0.3, -0.25) is 0 Å². The van der Waals surface area contributed by atoms with E-state index in [1.807, 2.05) is 12.1 Å². The summed E-state index contributed by atoms with van der Waals surface area (Å²) in [5.74, 6) is -0.140. The Kier molecular flexibility index (Phi) is 3.01. The summed E-state index contributed by atoms with van der Waals surface area (Å²) < 4.78 is 13.5. The van der Waals surface area contributed by atoms with Crippen molar-refractivity contribution in [2.45, 2.75) is 27.7 Å². The number of rotatable bonds is 1. The molecular formula is C16H17F. The van der Waals surface area contributed by atoms with Gasteiger partial charge in [-0.05, 0) is 67.1 Å². The summed E-state index contributed by atoms with van der Waals surface area (Å²) in [5.41, 5.74) is 6.53. The third kappa shape index (κ3) is 2.23. The molecule has 0 amide bonds. The van der Waals surface area contributed by atoms with Crippen LogP contribution in [0.4, 0.5) is 4.39 Å². The van der Waals surface area contributed by atoms with Crippen molar-refractivity contribution in [3.63, 3.8) is 0 Å². The van der Waals surface area contributed by atoms with Gasteiger partial charge in [0.15, 0.2) is 0 Å². The van der Waals surface area contributed by atoms with Gasteiger partial charge in [-0.2, -0.15) is 0 Å². The second-order valence-corrected chi connectivity index (χ2v) is 4.70. The van der Waals surface area contributed by atoms with Crippen LogP contribution in [0.1, 0.15) is 22.3 Å². The van der Waals surface area contributed by atoms with Gasteiger partial charge in [0, 0.05) is 0 Å². The molecule has 0 fully saturated rings. The summed E-state index contributed by atoms with van der Waals surface area (Å²) in [5, 5.41) is 0. The minimum atomic E-state index is -0.140. The van der Waals surface area contributed by atoms with E-state index in [4.69, 9.17) is 0 Å². The highest BCUT2D eigenvalue weighted by atomic mass is 19.1. The highest BCUT2D eigenvalue weighted by Crippen LogP contribution is 2.26. The largest absolute Gasteiger partial charge is 0.207 e. The van der Waals surface area contributed by atoms with Gasteiger partial charge in [0.05, 0.1) is 0 Å². The molecule has 0 saturated heterocycles. The molecule has 2 rings (SSSR count). The number of hydrogen-bond acceptors (Lipinski definition) is 0. The highest BCUT2D eigenvalue weighted by Gasteiger charge is 2.05. The lowest BCUT2D eigenvalue weighted by molar-refractivity contribution is 0.619. The molecule has 0 spiro atoms. The van der Waals surface area contributed by atoms with Crippen LogP contribution >= 0.6 is 0 Å². The summed E-state index contributed by atoms with van der Waals surface area (Å²) in [4.78, 5) is 0. The maximum Gasteiger partial charge on any atom is 0.126 e. The van der Waals surface area contributed by atoms with Crippen LogP contribution in [0.15, 0.2) is 30.3 Å². The van der Waals surface area contributed by atoms with Gasteiger partial charge in [-0.15, -0.1) is 0 Å². The van der Waals surface area contributed by atoms with Crippen LogP contribution in [0.25, 0.3) is 11.1 Å². The molecule has 1 heteroatoms. The van der Waals surface area contributed by atoms with E-state index in [-0.39, 0.29) is 5.82 Å². The molecule has 0 radical (unpaired) electrons. The Hall–Kier alpha value is -1.63. The molecule has 0 N–H and O–H groups in total. The zero-order valence-electron chi connectivity index (χ0n) is 10.8. The molecule has 88 valence electrons. The van der Waals surface area contributed by atoms with E-state index in [0.29, 0.717) is 5.56 Å². The molecule has 0 heterocycles. The first-order chi connectivity index (χ1) is 7.99. The zero-order chi connectivity index (χ0) is 12.6. The fourth-order valence-corrected chi connectivity index (χ4v) is 1.97. The Labute approximate surface area is 102 Å². The van der Waals surface area contributed by atoms with Crippen molar-refractivity contribution in [3.05, 3.63) is 58.4 Å². The molecule has 0 atom stereocenters. The second-order valence-electron chi connectivity index (χ2n) is 4.70. The number of aryl methyl sites for hydroxylation is 3. The summed E-state index contributed by atoms with van der Waals surface area (Å²) >= 11 is 0. The van der Waals surface area contributed by atoms with E-state index < -0.39 is 0 Å². The third-order valence-electron chi connectivity index (χ3n) is 3.43. The van der Waals surface area contributed by atoms with Crippen LogP contribution < -0.4 is 0 Å². The first kappa shape index (κ1) is 11.8. The van der Waals surface area contributed by atoms with Gasteiger partial charge in [-0.1, -0.05) is 24.3 Å². The van der Waals surface area contributed by atoms with Crippen LogP contribution in [-0.4, -0.2) is 0 Å². The molecule has 0 bridgehead atoms. The molecule has 0 aromatic heterocycles. The van der Waals surface area contributed by atoms with Gasteiger partial charge in [0.25, 0.3) is 0 Å². The lowest BCUT2D eigenvalue weighted by Gasteiger charge is -2.10. The molecule has 17 heavy (non-hydrogen) atoms. The Morgan fingerprint density at radius 1 is 0.706 bits per heavy atom. The van der Waals surface area contributed by atoms with E-state index >= 15 is 0 Å². The van der Waals surface area contributed by atoms with Gasteiger partial charge < -0.3 is 0 Å². The molecule has 0 unspecified atom stereocenters. The van der Waals surface area contributed by atoms with E-state index in [0.717, 1.165) is 11.1 Å². The van der Waals surface area contributed by atoms with Gasteiger partial charge in [0.1, 0.15) is 5.82 Å². The van der Waals surface area contributed by atoms with Crippen molar-refractivity contribution in [1.82, 2.24) is 0 Å². The predicted molar refractivity (Wildman–Crippen MR) is 70.8 cm³/mol. The molecule has 0 saturated carbocycles. The number of halogens is 1. The van der Waals surface area contributed by atoms with Crippen molar-refractivity contribution in [3.8, 4) is 11.1 Å². The van der Waals surface area contributed by atoms with Crippen LogP contribution in [-0.2, 0) is 0 Å². The maximum atomic E-state index is 13.5. The summed E-state index contributed by atoms with van der Waals surface area (Å²) in [6.07, 6.45) is 0. The molecule has 2 aromatic rings. The summed E-state index contributed by atoms with van der Waals surface area (Å²) in [6.45, 7) is 8.09. The molecular weight excluding hydrogens is 211 g/mol. The van der Waals surface area contributed by atoms with Gasteiger partial charge in [0.2, 0.25) is 0 Å². The summed E-state index contributed by atoms with van der Waals surface area (Å²) in [6, 6.07) is 9.65. The lowest BCUT2D eigenvalue weighted by atomic mass is 9.96. The zero-order valence-corrected chi connectivity index (χ0v) is 10.8. The van der Waals surface area contributed by atoms with Crippen molar-refractivity contribution in [2.75, 3.05) is 0 Å². The van der Waals surface area contributed by atoms with E-state index in [9.17, 15) is 4.39 Å². The summed E-state index contributed by atoms with van der Waals surface area (Å²) in [7, 11) is 0. The van der Waals surface area contributed by atoms with E-state index in [2.05, 4.69) is 32.9 Å². The Balaban J connectivity index is 2.57. The van der Waals surface area contributed by atoms with Crippen LogP contribution in [0.5, 0.6) is 0 Å². The van der Waals surface area contributed by atoms with E-state index in [1.165, 1.54) is 16.7 Å². The minimum Gasteiger partial charge on any atom is -0.207 e. The first-order valence-corrected chi connectivity index (χ1v) is 5.83.